The van der Waals surface area contributed by atoms with Gasteiger partial charge in [0.2, 0.25) is 6.16 Å². The van der Waals surface area contributed by atoms with Gasteiger partial charge in [-0.05, 0) is 20.0 Å². The number of aliphatic carboxylic acids is 1. The number of hydrogen-bond acceptors (Lipinski definition) is 4. The van der Waals surface area contributed by atoms with E-state index in [1.54, 1.807) is 0 Å². The molecule has 0 unspecified atom stereocenters. The maximum Gasteiger partial charge on any atom is 1.00 e. The fraction of sp³-hybridized carbons (Fsp3) is 0.875. The van der Waals surface area contributed by atoms with Crippen LogP contribution in [-0.4, -0.2) is 47.4 Å². The van der Waals surface area contributed by atoms with Crippen LogP contribution in [-0.2, 0) is 4.79 Å². The van der Waals surface area contributed by atoms with Crippen molar-refractivity contribution in [2.45, 2.75) is 71.1 Å². The summed E-state index contributed by atoms with van der Waals surface area (Å²) in [6, 6.07) is 0. The molecule has 0 saturated heterocycles. The molecule has 0 aromatic rings. The topological polar surface area (TPSA) is 101 Å². The van der Waals surface area contributed by atoms with Crippen LogP contribution in [0.3, 0.4) is 0 Å². The number of hydrogen-bond donors (Lipinski definition) is 2. The van der Waals surface area contributed by atoms with Crippen molar-refractivity contribution in [3.05, 3.63) is 0 Å². The Kier molecular flexibility index (Phi) is 26.0. The standard InChI is InChI=1S/C15H31NO2.CH2O3.Na/c1-3-4-5-6-7-8-9-10-11-12-13-16(2)14-15(17)18;2-1(3)4;/h3-14H2,1-2H3,(H,17,18);(H2,2,3,4);/q;;+1/p-1. The number of carbonyl (C=O) groups is 2. The van der Waals surface area contributed by atoms with Gasteiger partial charge in [0.15, 0.2) is 0 Å². The van der Waals surface area contributed by atoms with Crippen molar-refractivity contribution >= 4 is 12.1 Å². The molecular weight excluding hydrogens is 309 g/mol. The largest absolute Gasteiger partial charge is 1.00 e. The van der Waals surface area contributed by atoms with Gasteiger partial charge in [-0.2, -0.15) is 0 Å². The van der Waals surface area contributed by atoms with E-state index in [1.807, 2.05) is 11.9 Å². The molecule has 0 rings (SSSR count). The van der Waals surface area contributed by atoms with Crippen molar-refractivity contribution in [1.82, 2.24) is 4.90 Å². The van der Waals surface area contributed by atoms with Crippen molar-refractivity contribution in [2.75, 3.05) is 20.1 Å². The molecule has 0 amide bonds. The Morgan fingerprint density at radius 3 is 1.57 bits per heavy atom. The van der Waals surface area contributed by atoms with Gasteiger partial charge in [-0.3, -0.25) is 9.69 Å². The van der Waals surface area contributed by atoms with Crippen molar-refractivity contribution in [3.8, 4) is 0 Å². The van der Waals surface area contributed by atoms with Gasteiger partial charge in [0.1, 0.15) is 0 Å². The first-order chi connectivity index (χ1) is 10.4. The minimum atomic E-state index is -2.08. The summed E-state index contributed by atoms with van der Waals surface area (Å²) in [5, 5.41) is 23.9. The molecule has 2 N–H and O–H groups in total. The van der Waals surface area contributed by atoms with Gasteiger partial charge >= 0.3 is 35.5 Å². The predicted octanol–water partition coefficient (Wildman–Crippen LogP) is -0.185. The number of rotatable bonds is 13. The summed E-state index contributed by atoms with van der Waals surface area (Å²) in [7, 11) is 1.88. The molecule has 0 heterocycles. The minimum absolute atomic E-state index is 0. The molecule has 6 nitrogen and oxygen atoms in total. The molecule has 0 aliphatic rings. The second kappa shape index (κ2) is 21.7. The van der Waals surface area contributed by atoms with Crippen molar-refractivity contribution < 1.29 is 54.5 Å². The number of likely N-dealkylation sites (N-methyl/N-ethyl adjacent to an activating group) is 1. The first kappa shape index (κ1) is 27.5. The van der Waals surface area contributed by atoms with Gasteiger partial charge in [-0.1, -0.05) is 64.7 Å². The van der Waals surface area contributed by atoms with E-state index in [0.717, 1.165) is 13.0 Å². The maximum atomic E-state index is 10.5. The Morgan fingerprint density at radius 1 is 0.870 bits per heavy atom. The molecule has 0 fully saturated rings. The molecule has 0 bridgehead atoms. The summed E-state index contributed by atoms with van der Waals surface area (Å²) >= 11 is 0. The molecule has 23 heavy (non-hydrogen) atoms. The zero-order valence-corrected chi connectivity index (χ0v) is 17.1. The normalized spacial score (nSPS) is 9.70. The summed E-state index contributed by atoms with van der Waals surface area (Å²) in [5.41, 5.74) is 0. The van der Waals surface area contributed by atoms with Crippen LogP contribution in [0.15, 0.2) is 0 Å². The van der Waals surface area contributed by atoms with Gasteiger partial charge in [-0.25, -0.2) is 0 Å². The second-order valence-electron chi connectivity index (χ2n) is 5.58. The van der Waals surface area contributed by atoms with E-state index in [2.05, 4.69) is 6.92 Å². The molecule has 132 valence electrons. The SMILES string of the molecule is CCCCCCCCCCCCN(C)CC(=O)O.O=C([O-])O.[Na+]. The van der Waals surface area contributed by atoms with Crippen LogP contribution in [0.25, 0.3) is 0 Å². The molecule has 0 aliphatic carbocycles. The van der Waals surface area contributed by atoms with E-state index >= 15 is 0 Å². The molecule has 0 spiro atoms. The zero-order chi connectivity index (χ0) is 17.2. The van der Waals surface area contributed by atoms with Crippen molar-refractivity contribution in [2.24, 2.45) is 0 Å². The van der Waals surface area contributed by atoms with Crippen LogP contribution in [0.5, 0.6) is 0 Å². The van der Waals surface area contributed by atoms with E-state index in [-0.39, 0.29) is 36.1 Å². The fourth-order valence-corrected chi connectivity index (χ4v) is 2.18. The molecule has 0 radical (unpaired) electrons. The zero-order valence-electron chi connectivity index (χ0n) is 15.1. The van der Waals surface area contributed by atoms with Gasteiger partial charge in [0.25, 0.3) is 0 Å². The van der Waals surface area contributed by atoms with E-state index in [9.17, 15) is 4.79 Å². The number of nitrogens with zero attached hydrogens (tertiary/aromatic N) is 1. The Bertz CT molecular complexity index is 273. The van der Waals surface area contributed by atoms with Gasteiger partial charge in [0.05, 0.1) is 6.54 Å². The molecular formula is C16H32NNaO5. The summed E-state index contributed by atoms with van der Waals surface area (Å²) < 4.78 is 0. The van der Waals surface area contributed by atoms with Crippen molar-refractivity contribution in [3.63, 3.8) is 0 Å². The van der Waals surface area contributed by atoms with E-state index in [1.165, 1.54) is 57.8 Å². The van der Waals surface area contributed by atoms with E-state index in [0.29, 0.717) is 0 Å². The quantitative estimate of drug-likeness (QED) is 0.356. The Labute approximate surface area is 162 Å². The van der Waals surface area contributed by atoms with Crippen LogP contribution >= 0.6 is 0 Å². The van der Waals surface area contributed by atoms with Crippen LogP contribution in [0.4, 0.5) is 4.79 Å². The average molecular weight is 341 g/mol. The molecule has 0 aromatic carbocycles. The summed E-state index contributed by atoms with van der Waals surface area (Å²) in [6.45, 7) is 3.32. The Balaban J connectivity index is -0.000000712. The van der Waals surface area contributed by atoms with Gasteiger partial charge in [-0.15, -0.1) is 0 Å². The van der Waals surface area contributed by atoms with Gasteiger partial charge < -0.3 is 20.1 Å². The molecule has 0 saturated carbocycles. The molecule has 0 aliphatic heterocycles. The average Bonchev–Trinajstić information content (AvgIpc) is 2.39. The first-order valence-electron chi connectivity index (χ1n) is 8.20. The summed E-state index contributed by atoms with van der Waals surface area (Å²) in [6.07, 6.45) is 11.2. The predicted molar refractivity (Wildman–Crippen MR) is 85.0 cm³/mol. The van der Waals surface area contributed by atoms with Crippen molar-refractivity contribution in [1.29, 1.82) is 0 Å². The van der Waals surface area contributed by atoms with Gasteiger partial charge in [0, 0.05) is 0 Å². The third-order valence-corrected chi connectivity index (χ3v) is 3.30. The molecule has 0 aromatic heterocycles. The second-order valence-corrected chi connectivity index (χ2v) is 5.58. The summed E-state index contributed by atoms with van der Waals surface area (Å²) in [5.74, 6) is -0.732. The van der Waals surface area contributed by atoms with E-state index in [4.69, 9.17) is 20.1 Å². The number of carboxylic acids is 1. The van der Waals surface area contributed by atoms with Crippen LogP contribution in [0.2, 0.25) is 0 Å². The summed E-state index contributed by atoms with van der Waals surface area (Å²) in [4.78, 5) is 20.8. The number of carboxylic acid groups (broad SMARTS) is 3. The number of unbranched alkanes of at least 4 members (excludes halogenated alkanes) is 9. The Hall–Kier alpha value is -0.300. The first-order valence-corrected chi connectivity index (χ1v) is 8.20. The molecule has 7 heteroatoms. The monoisotopic (exact) mass is 341 g/mol. The van der Waals surface area contributed by atoms with Crippen LogP contribution < -0.4 is 34.7 Å². The Morgan fingerprint density at radius 2 is 1.22 bits per heavy atom. The van der Waals surface area contributed by atoms with Crippen LogP contribution in [0, 0.1) is 0 Å². The van der Waals surface area contributed by atoms with Crippen LogP contribution in [0.1, 0.15) is 71.1 Å². The fourth-order valence-electron chi connectivity index (χ4n) is 2.18. The third-order valence-electron chi connectivity index (χ3n) is 3.30. The maximum absolute atomic E-state index is 10.5. The molecule has 0 atom stereocenters. The van der Waals surface area contributed by atoms with E-state index < -0.39 is 12.1 Å². The smallest absolute Gasteiger partial charge is 0.565 e. The third kappa shape index (κ3) is 34.2. The minimum Gasteiger partial charge on any atom is -0.565 e.